The molecule has 0 spiro atoms. The van der Waals surface area contributed by atoms with Crippen LogP contribution in [0.1, 0.15) is 52.9 Å². The Morgan fingerprint density at radius 3 is 2.47 bits per heavy atom. The predicted octanol–water partition coefficient (Wildman–Crippen LogP) is 2.11. The van der Waals surface area contributed by atoms with Gasteiger partial charge in [0, 0.05) is 12.0 Å². The Balaban J connectivity index is 1.66. The number of nitrogens with one attached hydrogen (secondary N) is 3. The van der Waals surface area contributed by atoms with E-state index < -0.39 is 0 Å². The van der Waals surface area contributed by atoms with Gasteiger partial charge in [-0.1, -0.05) is 6.42 Å². The molecule has 0 unspecified atom stereocenters. The fraction of sp³-hybridized carbons (Fsp3) is 0.857. The van der Waals surface area contributed by atoms with E-state index in [0.717, 1.165) is 11.8 Å². The highest BCUT2D eigenvalue weighted by Gasteiger charge is 2.40. The molecule has 1 amide bonds. The molecule has 5 heteroatoms. The molecule has 2 bridgehead atoms. The first-order valence-electron chi connectivity index (χ1n) is 7.20. The second-order valence-electron chi connectivity index (χ2n) is 7.02. The summed E-state index contributed by atoms with van der Waals surface area (Å²) in [6.45, 7) is 6.08. The van der Waals surface area contributed by atoms with Crippen LogP contribution in [0.3, 0.4) is 0 Å². The minimum atomic E-state index is -0.0978. The third kappa shape index (κ3) is 4.34. The minimum Gasteiger partial charge on any atom is -0.357 e. The van der Waals surface area contributed by atoms with E-state index in [1.807, 2.05) is 20.8 Å². The maximum absolute atomic E-state index is 11.9. The third-order valence-electron chi connectivity index (χ3n) is 4.14. The molecule has 4 nitrogen and oxygen atoms in total. The lowest BCUT2D eigenvalue weighted by atomic mass is 9.86. The van der Waals surface area contributed by atoms with Crippen LogP contribution < -0.4 is 16.2 Å². The van der Waals surface area contributed by atoms with Crippen LogP contribution in [0, 0.1) is 17.8 Å². The van der Waals surface area contributed by atoms with Gasteiger partial charge < -0.3 is 5.32 Å². The van der Waals surface area contributed by atoms with Gasteiger partial charge in [-0.3, -0.25) is 15.6 Å². The number of hydrogen-bond donors (Lipinski definition) is 3. The van der Waals surface area contributed by atoms with Gasteiger partial charge in [0.2, 0.25) is 5.91 Å². The van der Waals surface area contributed by atoms with Crippen LogP contribution in [-0.4, -0.2) is 16.6 Å². The maximum Gasteiger partial charge on any atom is 0.238 e. The Hall–Kier alpha value is -0.840. The van der Waals surface area contributed by atoms with Crippen LogP contribution in [0.5, 0.6) is 0 Å². The van der Waals surface area contributed by atoms with Crippen LogP contribution in [0.15, 0.2) is 0 Å². The van der Waals surface area contributed by atoms with Crippen molar-refractivity contribution in [3.05, 3.63) is 0 Å². The second kappa shape index (κ2) is 5.65. The van der Waals surface area contributed by atoms with Gasteiger partial charge >= 0.3 is 0 Å². The van der Waals surface area contributed by atoms with Gasteiger partial charge in [0.05, 0.1) is 0 Å². The van der Waals surface area contributed by atoms with E-state index in [1.54, 1.807) is 0 Å². The van der Waals surface area contributed by atoms with Gasteiger partial charge in [-0.25, -0.2) is 0 Å². The zero-order valence-electron chi connectivity index (χ0n) is 12.1. The van der Waals surface area contributed by atoms with Crippen molar-refractivity contribution in [2.75, 3.05) is 0 Å². The lowest BCUT2D eigenvalue weighted by Crippen LogP contribution is -2.52. The summed E-state index contributed by atoms with van der Waals surface area (Å²) in [4.78, 5) is 11.9. The summed E-state index contributed by atoms with van der Waals surface area (Å²) in [6.07, 6.45) is 5.91. The maximum atomic E-state index is 11.9. The average Bonchev–Trinajstić information content (AvgIpc) is 2.85. The van der Waals surface area contributed by atoms with Gasteiger partial charge in [-0.2, -0.15) is 0 Å². The van der Waals surface area contributed by atoms with E-state index in [1.165, 1.54) is 25.7 Å². The molecule has 2 saturated carbocycles. The summed E-state index contributed by atoms with van der Waals surface area (Å²) in [5.74, 6) is 2.31. The van der Waals surface area contributed by atoms with Crippen molar-refractivity contribution in [2.45, 2.75) is 58.4 Å². The quantitative estimate of drug-likeness (QED) is 0.537. The summed E-state index contributed by atoms with van der Waals surface area (Å²) >= 11 is 5.12. The highest BCUT2D eigenvalue weighted by Crippen LogP contribution is 2.49. The van der Waals surface area contributed by atoms with Crippen molar-refractivity contribution >= 4 is 23.2 Å². The molecule has 0 aromatic heterocycles. The van der Waals surface area contributed by atoms with Crippen LogP contribution >= 0.6 is 12.2 Å². The van der Waals surface area contributed by atoms with E-state index in [-0.39, 0.29) is 11.4 Å². The summed E-state index contributed by atoms with van der Waals surface area (Å²) in [7, 11) is 0. The molecular weight excluding hydrogens is 258 g/mol. The predicted molar refractivity (Wildman–Crippen MR) is 80.3 cm³/mol. The number of carbonyl (C=O) groups is 1. The van der Waals surface area contributed by atoms with Crippen molar-refractivity contribution in [1.29, 1.82) is 0 Å². The van der Waals surface area contributed by atoms with Crippen LogP contribution in [-0.2, 0) is 4.79 Å². The number of rotatable bonds is 2. The number of fused-ring (bicyclic) bond motifs is 2. The van der Waals surface area contributed by atoms with Crippen LogP contribution in [0.4, 0.5) is 0 Å². The Bertz CT molecular complexity index is 364. The van der Waals surface area contributed by atoms with Gasteiger partial charge in [-0.15, -0.1) is 0 Å². The van der Waals surface area contributed by atoms with E-state index >= 15 is 0 Å². The van der Waals surface area contributed by atoms with Gasteiger partial charge in [0.15, 0.2) is 5.11 Å². The van der Waals surface area contributed by atoms with E-state index in [9.17, 15) is 4.79 Å². The zero-order valence-corrected chi connectivity index (χ0v) is 12.9. The second-order valence-corrected chi connectivity index (χ2v) is 7.42. The van der Waals surface area contributed by atoms with E-state index in [4.69, 9.17) is 12.2 Å². The molecule has 2 aliphatic rings. The summed E-state index contributed by atoms with van der Waals surface area (Å²) in [5.41, 5.74) is 5.38. The molecule has 3 atom stereocenters. The molecule has 0 aromatic rings. The fourth-order valence-corrected chi connectivity index (χ4v) is 3.77. The molecule has 0 saturated heterocycles. The molecule has 19 heavy (non-hydrogen) atoms. The molecule has 0 aromatic carbocycles. The SMILES string of the molecule is CC(C)(C)NC(=S)NNC(=O)C[C@@H]1C[C@@H]2CC[C@H]1C2. The Kier molecular flexibility index (Phi) is 4.33. The number of hydrazine groups is 1. The Morgan fingerprint density at radius 2 is 1.95 bits per heavy atom. The van der Waals surface area contributed by atoms with Crippen molar-refractivity contribution < 1.29 is 4.79 Å². The first-order valence-corrected chi connectivity index (χ1v) is 7.61. The van der Waals surface area contributed by atoms with Crippen molar-refractivity contribution in [1.82, 2.24) is 16.2 Å². The van der Waals surface area contributed by atoms with Gasteiger partial charge in [0.25, 0.3) is 0 Å². The lowest BCUT2D eigenvalue weighted by Gasteiger charge is -2.24. The smallest absolute Gasteiger partial charge is 0.238 e. The Morgan fingerprint density at radius 1 is 1.21 bits per heavy atom. The standard InChI is InChI=1S/C14H25N3OS/c1-14(2,3)15-13(19)17-16-12(18)8-11-7-9-4-5-10(11)6-9/h9-11H,4-8H2,1-3H3,(H,16,18)(H2,15,17,19)/t9-,10+,11+/m1/s1. The zero-order chi connectivity index (χ0) is 14.0. The molecule has 2 aliphatic carbocycles. The minimum absolute atomic E-state index is 0.0515. The molecule has 0 radical (unpaired) electrons. The normalized spacial score (nSPS) is 29.1. The number of hydrogen-bond acceptors (Lipinski definition) is 2. The molecular formula is C14H25N3OS. The lowest BCUT2D eigenvalue weighted by molar-refractivity contribution is -0.123. The van der Waals surface area contributed by atoms with E-state index in [2.05, 4.69) is 16.2 Å². The van der Waals surface area contributed by atoms with Crippen molar-refractivity contribution in [3.63, 3.8) is 0 Å². The average molecular weight is 283 g/mol. The largest absolute Gasteiger partial charge is 0.357 e. The van der Waals surface area contributed by atoms with Gasteiger partial charge in [-0.05, 0) is 70.0 Å². The number of amides is 1. The highest BCUT2D eigenvalue weighted by molar-refractivity contribution is 7.80. The molecule has 3 N–H and O–H groups in total. The first kappa shape index (κ1) is 14.6. The summed E-state index contributed by atoms with van der Waals surface area (Å²) in [5, 5.41) is 3.57. The number of thiocarbonyl (C=S) groups is 1. The fourth-order valence-electron chi connectivity index (χ4n) is 3.41. The third-order valence-corrected chi connectivity index (χ3v) is 4.34. The van der Waals surface area contributed by atoms with Crippen molar-refractivity contribution in [3.8, 4) is 0 Å². The van der Waals surface area contributed by atoms with Crippen molar-refractivity contribution in [2.24, 2.45) is 17.8 Å². The van der Waals surface area contributed by atoms with E-state index in [0.29, 0.717) is 17.5 Å². The molecule has 0 heterocycles. The first-order chi connectivity index (χ1) is 8.83. The summed E-state index contributed by atoms with van der Waals surface area (Å²) < 4.78 is 0. The highest BCUT2D eigenvalue weighted by atomic mass is 32.1. The van der Waals surface area contributed by atoms with Crippen LogP contribution in [0.25, 0.3) is 0 Å². The molecule has 2 rings (SSSR count). The molecule has 2 fully saturated rings. The number of carbonyl (C=O) groups excluding carboxylic acids is 1. The van der Waals surface area contributed by atoms with Crippen LogP contribution in [0.2, 0.25) is 0 Å². The topological polar surface area (TPSA) is 53.2 Å². The monoisotopic (exact) mass is 283 g/mol. The Labute approximate surface area is 121 Å². The molecule has 108 valence electrons. The molecule has 0 aliphatic heterocycles. The summed E-state index contributed by atoms with van der Waals surface area (Å²) in [6, 6.07) is 0. The van der Waals surface area contributed by atoms with Gasteiger partial charge in [0.1, 0.15) is 0 Å².